The Labute approximate surface area is 183 Å². The molecule has 0 saturated heterocycles. The van der Waals surface area contributed by atoms with Crippen LogP contribution >= 0.6 is 0 Å². The number of benzene rings is 2. The van der Waals surface area contributed by atoms with Gasteiger partial charge in [0.25, 0.3) is 0 Å². The zero-order chi connectivity index (χ0) is 22.0. The van der Waals surface area contributed by atoms with Gasteiger partial charge in [0.1, 0.15) is 11.4 Å². The summed E-state index contributed by atoms with van der Waals surface area (Å²) in [5, 5.41) is 0. The number of methoxy groups -OCH3 is 2. The van der Waals surface area contributed by atoms with Crippen LogP contribution < -0.4 is 4.74 Å². The van der Waals surface area contributed by atoms with Crippen LogP contribution in [0.2, 0.25) is 0 Å². The minimum atomic E-state index is -1.81. The van der Waals surface area contributed by atoms with Crippen molar-refractivity contribution in [3.63, 3.8) is 0 Å². The number of hydrogen-bond acceptors (Lipinski definition) is 5. The summed E-state index contributed by atoms with van der Waals surface area (Å²) < 4.78 is 24.3. The van der Waals surface area contributed by atoms with E-state index in [1.807, 2.05) is 31.2 Å². The van der Waals surface area contributed by atoms with Gasteiger partial charge in [-0.25, -0.2) is 0 Å². The SMILES string of the molecule is COc1cccc2c1C(=O)[C@@H]1[C@@H]3C=C[C@@](OC)(CC3)[C@]1(S(=O)c1ccc(C)cc1)C2=O. The van der Waals surface area contributed by atoms with E-state index in [-0.39, 0.29) is 23.0 Å². The maximum absolute atomic E-state index is 14.3. The van der Waals surface area contributed by atoms with Gasteiger partial charge in [-0.1, -0.05) is 42.0 Å². The van der Waals surface area contributed by atoms with Gasteiger partial charge in [-0.3, -0.25) is 13.8 Å². The van der Waals surface area contributed by atoms with E-state index in [9.17, 15) is 13.8 Å². The molecule has 0 radical (unpaired) electrons. The van der Waals surface area contributed by atoms with Crippen molar-refractivity contribution in [3.8, 4) is 5.75 Å². The van der Waals surface area contributed by atoms with Crippen LogP contribution in [0, 0.1) is 18.8 Å². The molecule has 5 atom stereocenters. The van der Waals surface area contributed by atoms with Crippen LogP contribution in [0.5, 0.6) is 5.75 Å². The Morgan fingerprint density at radius 2 is 1.81 bits per heavy atom. The van der Waals surface area contributed by atoms with Crippen LogP contribution in [-0.2, 0) is 15.5 Å². The Bertz CT molecular complexity index is 1150. The molecule has 2 aromatic rings. The molecule has 160 valence electrons. The van der Waals surface area contributed by atoms with Gasteiger partial charge in [-0.05, 0) is 43.9 Å². The Morgan fingerprint density at radius 1 is 1.06 bits per heavy atom. The Morgan fingerprint density at radius 3 is 2.42 bits per heavy atom. The summed E-state index contributed by atoms with van der Waals surface area (Å²) in [6.07, 6.45) is 5.08. The molecule has 5 nitrogen and oxygen atoms in total. The molecule has 0 aromatic heterocycles. The van der Waals surface area contributed by atoms with Crippen molar-refractivity contribution in [3.05, 3.63) is 71.3 Å². The maximum atomic E-state index is 14.3. The van der Waals surface area contributed by atoms with Crippen molar-refractivity contribution in [2.45, 2.75) is 35.0 Å². The van der Waals surface area contributed by atoms with Gasteiger partial charge < -0.3 is 9.47 Å². The predicted molar refractivity (Wildman–Crippen MR) is 117 cm³/mol. The number of Topliss-reactive ketones (excluding diaryl/α,β-unsaturated/α-hetero) is 2. The van der Waals surface area contributed by atoms with Gasteiger partial charge in [0, 0.05) is 17.6 Å². The summed E-state index contributed by atoms with van der Waals surface area (Å²) in [6, 6.07) is 12.3. The second-order valence-corrected chi connectivity index (χ2v) is 10.2. The van der Waals surface area contributed by atoms with E-state index in [1.54, 1.807) is 37.4 Å². The minimum Gasteiger partial charge on any atom is -0.496 e. The molecule has 0 heterocycles. The van der Waals surface area contributed by atoms with Crippen LogP contribution in [0.15, 0.2) is 59.5 Å². The fourth-order valence-corrected chi connectivity index (χ4v) is 7.84. The highest BCUT2D eigenvalue weighted by molar-refractivity contribution is 7.87. The monoisotopic (exact) mass is 436 g/mol. The maximum Gasteiger partial charge on any atom is 0.186 e. The lowest BCUT2D eigenvalue weighted by Crippen LogP contribution is -2.74. The minimum absolute atomic E-state index is 0.180. The smallest absolute Gasteiger partial charge is 0.186 e. The standard InChI is InChI=1S/C25H24O5S/c1-15-7-9-17(10-8-15)31(28)25-21(16-11-13-24(25,30-3)14-12-16)22(26)20-18(23(25)27)5-4-6-19(20)29-2/h4-11,13,16,21H,12,14H2,1-3H3/t16-,21+,24-,25-,31?/m1/s1. The third kappa shape index (κ3) is 2.43. The summed E-state index contributed by atoms with van der Waals surface area (Å²) in [5.41, 5.74) is 0.472. The van der Waals surface area contributed by atoms with E-state index in [1.165, 1.54) is 7.11 Å². The Kier molecular flexibility index (Phi) is 4.57. The molecule has 1 fully saturated rings. The summed E-state index contributed by atoms with van der Waals surface area (Å²) in [5.74, 6) is -1.07. The fourth-order valence-electron chi connectivity index (χ4n) is 5.73. The van der Waals surface area contributed by atoms with Crippen LogP contribution in [0.4, 0.5) is 0 Å². The lowest BCUT2D eigenvalue weighted by atomic mass is 9.53. The molecule has 2 aromatic carbocycles. The fraction of sp³-hybridized carbons (Fsp3) is 0.360. The van der Waals surface area contributed by atoms with Crippen molar-refractivity contribution < 1.29 is 23.3 Å². The summed E-state index contributed by atoms with van der Waals surface area (Å²) in [6.45, 7) is 1.95. The number of aryl methyl sites for hydroxylation is 1. The van der Waals surface area contributed by atoms with E-state index < -0.39 is 27.1 Å². The van der Waals surface area contributed by atoms with Crippen LogP contribution in [0.25, 0.3) is 0 Å². The van der Waals surface area contributed by atoms with Crippen LogP contribution in [0.1, 0.15) is 39.1 Å². The molecule has 0 aliphatic heterocycles. The van der Waals surface area contributed by atoms with Crippen molar-refractivity contribution in [2.24, 2.45) is 11.8 Å². The average molecular weight is 437 g/mol. The van der Waals surface area contributed by atoms with E-state index in [4.69, 9.17) is 9.47 Å². The molecule has 1 saturated carbocycles. The Balaban J connectivity index is 1.84. The first kappa shape index (κ1) is 20.3. The van der Waals surface area contributed by atoms with Crippen LogP contribution in [-0.4, -0.2) is 40.3 Å². The van der Waals surface area contributed by atoms with Gasteiger partial charge in [0.05, 0.1) is 29.4 Å². The van der Waals surface area contributed by atoms with Crippen molar-refractivity contribution >= 4 is 22.4 Å². The molecule has 1 unspecified atom stereocenters. The van der Waals surface area contributed by atoms with Gasteiger partial charge in [0.15, 0.2) is 16.3 Å². The highest BCUT2D eigenvalue weighted by Gasteiger charge is 2.73. The molecule has 0 amide bonds. The van der Waals surface area contributed by atoms with Crippen LogP contribution in [0.3, 0.4) is 0 Å². The quantitative estimate of drug-likeness (QED) is 0.680. The number of hydrogen-bond donors (Lipinski definition) is 0. The number of allylic oxidation sites excluding steroid dienone is 1. The normalized spacial score (nSPS) is 31.8. The average Bonchev–Trinajstić information content (AvgIpc) is 2.82. The first-order valence-electron chi connectivity index (χ1n) is 10.4. The largest absolute Gasteiger partial charge is 0.496 e. The summed E-state index contributed by atoms with van der Waals surface area (Å²) in [4.78, 5) is 28.8. The van der Waals surface area contributed by atoms with E-state index in [2.05, 4.69) is 0 Å². The summed E-state index contributed by atoms with van der Waals surface area (Å²) in [7, 11) is 1.22. The zero-order valence-electron chi connectivity index (χ0n) is 17.7. The molecule has 4 aliphatic rings. The van der Waals surface area contributed by atoms with Gasteiger partial charge >= 0.3 is 0 Å². The van der Waals surface area contributed by atoms with Gasteiger partial charge in [-0.15, -0.1) is 0 Å². The third-order valence-electron chi connectivity index (χ3n) is 7.21. The molecule has 4 aliphatic carbocycles. The predicted octanol–water partition coefficient (Wildman–Crippen LogP) is 3.91. The number of carbonyl (C=O) groups is 2. The number of ether oxygens (including phenoxy) is 2. The second kappa shape index (κ2) is 6.97. The number of carbonyl (C=O) groups excluding carboxylic acids is 2. The molecular formula is C25H24O5S. The Hall–Kier alpha value is -2.57. The van der Waals surface area contributed by atoms with Crippen molar-refractivity contribution in [1.82, 2.24) is 0 Å². The summed E-state index contributed by atoms with van der Waals surface area (Å²) >= 11 is 0. The molecular weight excluding hydrogens is 412 g/mol. The lowest BCUT2D eigenvalue weighted by molar-refractivity contribution is -0.0558. The van der Waals surface area contributed by atoms with Gasteiger partial charge in [0.2, 0.25) is 0 Å². The van der Waals surface area contributed by atoms with Crippen molar-refractivity contribution in [1.29, 1.82) is 0 Å². The highest BCUT2D eigenvalue weighted by Crippen LogP contribution is 2.60. The number of rotatable bonds is 4. The number of ketones is 2. The van der Waals surface area contributed by atoms with Gasteiger partial charge in [-0.2, -0.15) is 0 Å². The third-order valence-corrected chi connectivity index (χ3v) is 9.28. The van der Waals surface area contributed by atoms with E-state index >= 15 is 0 Å². The highest BCUT2D eigenvalue weighted by atomic mass is 32.2. The zero-order valence-corrected chi connectivity index (χ0v) is 18.5. The molecule has 6 rings (SSSR count). The van der Waals surface area contributed by atoms with E-state index in [0.717, 1.165) is 5.56 Å². The molecule has 0 N–H and O–H groups in total. The molecule has 2 bridgehead atoms. The van der Waals surface area contributed by atoms with Crippen molar-refractivity contribution in [2.75, 3.05) is 14.2 Å². The number of fused-ring (bicyclic) bond motifs is 2. The lowest BCUT2D eigenvalue weighted by Gasteiger charge is -2.59. The second-order valence-electron chi connectivity index (χ2n) is 8.53. The molecule has 0 spiro atoms. The van der Waals surface area contributed by atoms with E-state index in [0.29, 0.717) is 29.1 Å². The first-order valence-corrected chi connectivity index (χ1v) is 11.6. The first-order chi connectivity index (χ1) is 14.9. The molecule has 31 heavy (non-hydrogen) atoms. The molecule has 6 heteroatoms. The topological polar surface area (TPSA) is 69.7 Å².